The fraction of sp³-hybridized carbons (Fsp3) is 0.600. The maximum Gasteiger partial charge on any atom is 0.315 e. The Balaban J connectivity index is 0.00000261. The summed E-state index contributed by atoms with van der Waals surface area (Å²) in [5.41, 5.74) is 6.20. The van der Waals surface area contributed by atoms with Gasteiger partial charge in [0.2, 0.25) is 5.91 Å². The van der Waals surface area contributed by atoms with Crippen molar-refractivity contribution in [3.8, 4) is 0 Å². The van der Waals surface area contributed by atoms with Crippen LogP contribution in [0.3, 0.4) is 0 Å². The Morgan fingerprint density at radius 3 is 2.30 bits per heavy atom. The number of urea groups is 1. The largest absolute Gasteiger partial charge is 0.351 e. The predicted molar refractivity (Wildman–Crippen MR) is 109 cm³/mol. The molecule has 2 aliphatic rings. The van der Waals surface area contributed by atoms with Crippen molar-refractivity contribution in [3.63, 3.8) is 0 Å². The van der Waals surface area contributed by atoms with Gasteiger partial charge in [0.05, 0.1) is 0 Å². The Morgan fingerprint density at radius 1 is 1.04 bits per heavy atom. The Hall–Kier alpha value is -1.79. The second-order valence-corrected chi connectivity index (χ2v) is 7.67. The van der Waals surface area contributed by atoms with Gasteiger partial charge in [-0.15, -0.1) is 12.4 Å². The molecule has 2 fully saturated rings. The van der Waals surface area contributed by atoms with Crippen LogP contribution in [0, 0.1) is 0 Å². The number of benzene rings is 1. The minimum atomic E-state index is -0.777. The molecule has 27 heavy (non-hydrogen) atoms. The Labute approximate surface area is 167 Å². The number of carbonyl (C=O) groups is 2. The summed E-state index contributed by atoms with van der Waals surface area (Å²) in [5.74, 6) is -0.0367. The highest BCUT2D eigenvalue weighted by molar-refractivity contribution is 5.91. The van der Waals surface area contributed by atoms with Gasteiger partial charge in [0, 0.05) is 18.6 Å². The van der Waals surface area contributed by atoms with Crippen LogP contribution in [-0.4, -0.2) is 29.6 Å². The number of nitrogens with two attached hydrogens (primary N) is 1. The molecule has 0 saturated heterocycles. The van der Waals surface area contributed by atoms with Crippen LogP contribution in [0.15, 0.2) is 30.3 Å². The summed E-state index contributed by atoms with van der Waals surface area (Å²) in [6.07, 6.45) is 7.05. The number of rotatable bonds is 5. The molecule has 6 nitrogen and oxygen atoms in total. The molecule has 3 amide bonds. The minimum Gasteiger partial charge on any atom is -0.351 e. The molecule has 0 unspecified atom stereocenters. The van der Waals surface area contributed by atoms with Gasteiger partial charge < -0.3 is 21.7 Å². The third kappa shape index (κ3) is 5.84. The van der Waals surface area contributed by atoms with E-state index in [0.29, 0.717) is 19.4 Å². The van der Waals surface area contributed by atoms with E-state index in [1.807, 2.05) is 30.3 Å². The lowest BCUT2D eigenvalue weighted by molar-refractivity contribution is -0.128. The summed E-state index contributed by atoms with van der Waals surface area (Å²) < 4.78 is 0. The van der Waals surface area contributed by atoms with Crippen molar-refractivity contribution in [1.29, 1.82) is 0 Å². The molecule has 2 saturated carbocycles. The molecule has 0 heterocycles. The number of halogens is 1. The van der Waals surface area contributed by atoms with Gasteiger partial charge in [0.1, 0.15) is 5.54 Å². The van der Waals surface area contributed by atoms with Crippen molar-refractivity contribution in [3.05, 3.63) is 35.9 Å². The van der Waals surface area contributed by atoms with Gasteiger partial charge in [-0.2, -0.15) is 0 Å². The van der Waals surface area contributed by atoms with Crippen LogP contribution in [0.2, 0.25) is 0 Å². The van der Waals surface area contributed by atoms with Gasteiger partial charge in [-0.05, 0) is 44.1 Å². The number of carbonyl (C=O) groups excluding carboxylic acids is 2. The zero-order valence-electron chi connectivity index (χ0n) is 15.7. The highest BCUT2D eigenvalue weighted by Gasteiger charge is 2.43. The summed E-state index contributed by atoms with van der Waals surface area (Å²) in [5, 5.41) is 9.01. The number of amides is 3. The van der Waals surface area contributed by atoms with Gasteiger partial charge in [-0.3, -0.25) is 4.79 Å². The van der Waals surface area contributed by atoms with Gasteiger partial charge in [0.25, 0.3) is 0 Å². The van der Waals surface area contributed by atoms with E-state index in [1.54, 1.807) is 0 Å². The first-order chi connectivity index (χ1) is 12.6. The van der Waals surface area contributed by atoms with E-state index in [0.717, 1.165) is 44.1 Å². The van der Waals surface area contributed by atoms with E-state index >= 15 is 0 Å². The lowest BCUT2D eigenvalue weighted by atomic mass is 9.90. The first-order valence-electron chi connectivity index (χ1n) is 9.74. The molecule has 5 N–H and O–H groups in total. The molecule has 0 aromatic heterocycles. The minimum absolute atomic E-state index is 0. The van der Waals surface area contributed by atoms with E-state index in [2.05, 4.69) is 16.0 Å². The first kappa shape index (κ1) is 21.5. The molecule has 3 rings (SSSR count). The third-order valence-corrected chi connectivity index (χ3v) is 5.65. The van der Waals surface area contributed by atoms with Gasteiger partial charge in [-0.1, -0.05) is 43.2 Å². The lowest BCUT2D eigenvalue weighted by Crippen LogP contribution is -2.60. The van der Waals surface area contributed by atoms with E-state index < -0.39 is 5.54 Å². The van der Waals surface area contributed by atoms with Crippen LogP contribution in [0.25, 0.3) is 0 Å². The second-order valence-electron chi connectivity index (χ2n) is 7.67. The average Bonchev–Trinajstić information content (AvgIpc) is 3.12. The summed E-state index contributed by atoms with van der Waals surface area (Å²) in [4.78, 5) is 25.3. The van der Waals surface area contributed by atoms with Crippen molar-refractivity contribution in [2.24, 2.45) is 5.73 Å². The van der Waals surface area contributed by atoms with Gasteiger partial charge >= 0.3 is 6.03 Å². The van der Waals surface area contributed by atoms with Crippen LogP contribution in [-0.2, 0) is 11.3 Å². The van der Waals surface area contributed by atoms with Crippen LogP contribution < -0.4 is 21.7 Å². The number of hydrogen-bond acceptors (Lipinski definition) is 3. The molecule has 7 heteroatoms. The maximum atomic E-state index is 12.9. The highest BCUT2D eigenvalue weighted by Crippen LogP contribution is 2.30. The zero-order valence-corrected chi connectivity index (χ0v) is 16.5. The smallest absolute Gasteiger partial charge is 0.315 e. The lowest BCUT2D eigenvalue weighted by Gasteiger charge is -2.33. The molecule has 0 spiro atoms. The second kappa shape index (κ2) is 9.95. The third-order valence-electron chi connectivity index (χ3n) is 5.65. The monoisotopic (exact) mass is 394 g/mol. The number of nitrogens with one attached hydrogen (secondary N) is 3. The van der Waals surface area contributed by atoms with Crippen molar-refractivity contribution < 1.29 is 9.59 Å². The molecule has 2 aliphatic carbocycles. The molecule has 0 radical (unpaired) electrons. The van der Waals surface area contributed by atoms with Crippen molar-refractivity contribution in [2.75, 3.05) is 0 Å². The standard InChI is InChI=1S/C20H30N4O2.ClH/c21-16-8-10-17(11-9-16)23-18(25)20(12-4-5-13-20)24-19(26)22-14-15-6-2-1-3-7-15;/h1-3,6-7,16-17H,4-5,8-14,21H2,(H,23,25)(H2,22,24,26);1H. The molecular weight excluding hydrogens is 364 g/mol. The topological polar surface area (TPSA) is 96.2 Å². The molecule has 150 valence electrons. The summed E-state index contributed by atoms with van der Waals surface area (Å²) in [6.45, 7) is 0.449. The normalized spacial score (nSPS) is 23.7. The predicted octanol–water partition coefficient (Wildman–Crippen LogP) is 2.61. The highest BCUT2D eigenvalue weighted by atomic mass is 35.5. The quantitative estimate of drug-likeness (QED) is 0.618. The van der Waals surface area contributed by atoms with E-state index in [-0.39, 0.29) is 36.4 Å². The maximum absolute atomic E-state index is 12.9. The van der Waals surface area contributed by atoms with Crippen molar-refractivity contribution in [1.82, 2.24) is 16.0 Å². The Morgan fingerprint density at radius 2 is 1.67 bits per heavy atom. The molecule has 1 aromatic carbocycles. The SMILES string of the molecule is Cl.NC1CCC(NC(=O)C2(NC(=O)NCc3ccccc3)CCCC2)CC1. The molecule has 0 bridgehead atoms. The van der Waals surface area contributed by atoms with Crippen LogP contribution in [0.1, 0.15) is 56.9 Å². The fourth-order valence-electron chi connectivity index (χ4n) is 4.01. The Kier molecular flexibility index (Phi) is 7.92. The van der Waals surface area contributed by atoms with E-state index in [1.165, 1.54) is 0 Å². The van der Waals surface area contributed by atoms with Crippen molar-refractivity contribution >= 4 is 24.3 Å². The number of hydrogen-bond donors (Lipinski definition) is 4. The fourth-order valence-corrected chi connectivity index (χ4v) is 4.01. The summed E-state index contributed by atoms with van der Waals surface area (Å²) in [6, 6.07) is 9.90. The average molecular weight is 395 g/mol. The van der Waals surface area contributed by atoms with Gasteiger partial charge in [0.15, 0.2) is 0 Å². The van der Waals surface area contributed by atoms with Crippen LogP contribution in [0.5, 0.6) is 0 Å². The van der Waals surface area contributed by atoms with Gasteiger partial charge in [-0.25, -0.2) is 4.79 Å². The summed E-state index contributed by atoms with van der Waals surface area (Å²) >= 11 is 0. The molecule has 1 aromatic rings. The Bertz CT molecular complexity index is 612. The van der Waals surface area contributed by atoms with Crippen LogP contribution in [0.4, 0.5) is 4.79 Å². The molecule has 0 atom stereocenters. The first-order valence-corrected chi connectivity index (χ1v) is 9.74. The molecular formula is C20H31ClN4O2. The van der Waals surface area contributed by atoms with Crippen molar-refractivity contribution in [2.45, 2.75) is 75.5 Å². The molecule has 0 aliphatic heterocycles. The zero-order chi connectivity index (χ0) is 18.4. The van der Waals surface area contributed by atoms with E-state index in [4.69, 9.17) is 5.73 Å². The summed E-state index contributed by atoms with van der Waals surface area (Å²) in [7, 11) is 0. The van der Waals surface area contributed by atoms with Crippen LogP contribution >= 0.6 is 12.4 Å². The van der Waals surface area contributed by atoms with E-state index in [9.17, 15) is 9.59 Å².